The first-order valence-electron chi connectivity index (χ1n) is 5.79. The summed E-state index contributed by atoms with van der Waals surface area (Å²) in [5, 5.41) is 1.08. The van der Waals surface area contributed by atoms with Gasteiger partial charge in [0.15, 0.2) is 11.4 Å². The van der Waals surface area contributed by atoms with E-state index in [-0.39, 0.29) is 0 Å². The predicted molar refractivity (Wildman–Crippen MR) is 75.9 cm³/mol. The van der Waals surface area contributed by atoms with Gasteiger partial charge in [0.1, 0.15) is 15.9 Å². The fourth-order valence-electron chi connectivity index (χ4n) is 2.10. The van der Waals surface area contributed by atoms with Gasteiger partial charge in [-0.2, -0.15) is 0 Å². The molecule has 4 nitrogen and oxygen atoms in total. The van der Waals surface area contributed by atoms with Crippen LogP contribution >= 0.6 is 15.9 Å². The number of hydrogen-bond acceptors (Lipinski definition) is 3. The maximum Gasteiger partial charge on any atom is 0.156 e. The summed E-state index contributed by atoms with van der Waals surface area (Å²) in [6.45, 7) is 0. The number of rotatable bonds is 1. The third-order valence-electron chi connectivity index (χ3n) is 2.99. The lowest BCUT2D eigenvalue weighted by atomic mass is 10.2. The fourth-order valence-corrected chi connectivity index (χ4v) is 2.42. The molecule has 0 atom stereocenters. The Morgan fingerprint density at radius 3 is 2.95 bits per heavy atom. The van der Waals surface area contributed by atoms with Crippen LogP contribution in [-0.2, 0) is 0 Å². The van der Waals surface area contributed by atoms with Crippen molar-refractivity contribution in [2.24, 2.45) is 0 Å². The quantitative estimate of drug-likeness (QED) is 0.535. The van der Waals surface area contributed by atoms with Gasteiger partial charge in [0.25, 0.3) is 0 Å². The number of aromatic nitrogens is 3. The van der Waals surface area contributed by atoms with Crippen molar-refractivity contribution in [3.05, 3.63) is 53.5 Å². The SMILES string of the molecule is Brc1cn2cc(-c3cc4ccccc4o3)nc2cn1. The van der Waals surface area contributed by atoms with Gasteiger partial charge >= 0.3 is 0 Å². The van der Waals surface area contributed by atoms with Gasteiger partial charge in [-0.15, -0.1) is 0 Å². The molecule has 0 aliphatic rings. The molecule has 0 amide bonds. The summed E-state index contributed by atoms with van der Waals surface area (Å²) in [5.41, 5.74) is 2.46. The zero-order valence-electron chi connectivity index (χ0n) is 9.75. The monoisotopic (exact) mass is 313 g/mol. The first-order chi connectivity index (χ1) is 9.29. The van der Waals surface area contributed by atoms with Crippen molar-refractivity contribution in [3.8, 4) is 11.5 Å². The molecule has 0 saturated carbocycles. The lowest BCUT2D eigenvalue weighted by molar-refractivity contribution is 0.629. The Morgan fingerprint density at radius 2 is 2.05 bits per heavy atom. The molecule has 0 aliphatic carbocycles. The lowest BCUT2D eigenvalue weighted by Gasteiger charge is -1.90. The number of fused-ring (bicyclic) bond motifs is 2. The van der Waals surface area contributed by atoms with E-state index >= 15 is 0 Å². The highest BCUT2D eigenvalue weighted by atomic mass is 79.9. The number of hydrogen-bond donors (Lipinski definition) is 0. The smallest absolute Gasteiger partial charge is 0.156 e. The van der Waals surface area contributed by atoms with Crippen LogP contribution in [0, 0.1) is 0 Å². The highest BCUT2D eigenvalue weighted by molar-refractivity contribution is 9.10. The van der Waals surface area contributed by atoms with E-state index in [1.165, 1.54) is 0 Å². The maximum atomic E-state index is 5.81. The molecule has 0 spiro atoms. The average Bonchev–Trinajstić information content (AvgIpc) is 3.00. The van der Waals surface area contributed by atoms with Crippen molar-refractivity contribution in [2.45, 2.75) is 0 Å². The molecule has 0 bridgehead atoms. The summed E-state index contributed by atoms with van der Waals surface area (Å²) in [4.78, 5) is 8.67. The summed E-state index contributed by atoms with van der Waals surface area (Å²) in [6, 6.07) is 9.93. The Morgan fingerprint density at radius 1 is 1.16 bits per heavy atom. The number of halogens is 1. The minimum Gasteiger partial charge on any atom is -0.454 e. The van der Waals surface area contributed by atoms with Crippen LogP contribution < -0.4 is 0 Å². The van der Waals surface area contributed by atoms with E-state index in [1.807, 2.05) is 47.1 Å². The Hall–Kier alpha value is -2.14. The largest absolute Gasteiger partial charge is 0.454 e. The Balaban J connectivity index is 1.93. The molecule has 5 heteroatoms. The summed E-state index contributed by atoms with van der Waals surface area (Å²) < 4.78 is 8.49. The van der Waals surface area contributed by atoms with E-state index in [2.05, 4.69) is 25.9 Å². The molecule has 0 unspecified atom stereocenters. The fraction of sp³-hybridized carbons (Fsp3) is 0. The second-order valence-electron chi connectivity index (χ2n) is 4.25. The molecule has 0 N–H and O–H groups in total. The molecule has 0 saturated heterocycles. The minimum atomic E-state index is 0.765. The van der Waals surface area contributed by atoms with Gasteiger partial charge in [-0.25, -0.2) is 9.97 Å². The van der Waals surface area contributed by atoms with Crippen LogP contribution in [0.3, 0.4) is 0 Å². The third-order valence-corrected chi connectivity index (χ3v) is 3.40. The summed E-state index contributed by atoms with van der Waals surface area (Å²) in [6.07, 6.45) is 5.52. The van der Waals surface area contributed by atoms with E-state index in [0.717, 1.165) is 32.7 Å². The van der Waals surface area contributed by atoms with E-state index in [4.69, 9.17) is 4.42 Å². The molecular weight excluding hydrogens is 306 g/mol. The van der Waals surface area contributed by atoms with E-state index in [0.29, 0.717) is 0 Å². The van der Waals surface area contributed by atoms with Crippen molar-refractivity contribution in [1.29, 1.82) is 0 Å². The topological polar surface area (TPSA) is 43.3 Å². The van der Waals surface area contributed by atoms with E-state index < -0.39 is 0 Å². The van der Waals surface area contributed by atoms with Gasteiger partial charge < -0.3 is 8.82 Å². The van der Waals surface area contributed by atoms with Crippen molar-refractivity contribution in [1.82, 2.24) is 14.4 Å². The molecule has 4 aromatic rings. The second-order valence-corrected chi connectivity index (χ2v) is 5.06. The van der Waals surface area contributed by atoms with Crippen molar-refractivity contribution < 1.29 is 4.42 Å². The lowest BCUT2D eigenvalue weighted by Crippen LogP contribution is -1.84. The molecule has 0 fully saturated rings. The number of nitrogens with zero attached hydrogens (tertiary/aromatic N) is 3. The Kier molecular flexibility index (Phi) is 2.22. The number of imidazole rings is 1. The molecule has 19 heavy (non-hydrogen) atoms. The van der Waals surface area contributed by atoms with Gasteiger partial charge in [-0.05, 0) is 28.1 Å². The van der Waals surface area contributed by atoms with Crippen LogP contribution in [-0.4, -0.2) is 14.4 Å². The van der Waals surface area contributed by atoms with E-state index in [1.54, 1.807) is 6.20 Å². The van der Waals surface area contributed by atoms with Gasteiger partial charge in [0, 0.05) is 17.8 Å². The van der Waals surface area contributed by atoms with Gasteiger partial charge in [-0.1, -0.05) is 18.2 Å². The van der Waals surface area contributed by atoms with E-state index in [9.17, 15) is 0 Å². The number of benzene rings is 1. The first-order valence-corrected chi connectivity index (χ1v) is 6.58. The molecule has 0 aliphatic heterocycles. The van der Waals surface area contributed by atoms with Crippen molar-refractivity contribution in [3.63, 3.8) is 0 Å². The Labute approximate surface area is 116 Å². The van der Waals surface area contributed by atoms with Gasteiger partial charge in [-0.3, -0.25) is 0 Å². The average molecular weight is 314 g/mol. The van der Waals surface area contributed by atoms with Crippen LogP contribution in [0.15, 0.2) is 57.9 Å². The molecule has 4 rings (SSSR count). The second kappa shape index (κ2) is 3.93. The molecular formula is C14H8BrN3O. The summed E-state index contributed by atoms with van der Waals surface area (Å²) in [5.74, 6) is 0.765. The van der Waals surface area contributed by atoms with Crippen LogP contribution in [0.4, 0.5) is 0 Å². The van der Waals surface area contributed by atoms with Gasteiger partial charge in [0.2, 0.25) is 0 Å². The predicted octanol–water partition coefficient (Wildman–Crippen LogP) is 3.91. The van der Waals surface area contributed by atoms with Crippen molar-refractivity contribution >= 4 is 32.5 Å². The number of furan rings is 1. The molecule has 1 aromatic carbocycles. The molecule has 3 aromatic heterocycles. The molecule has 3 heterocycles. The van der Waals surface area contributed by atoms with Crippen LogP contribution in [0.2, 0.25) is 0 Å². The third kappa shape index (κ3) is 1.74. The number of para-hydroxylation sites is 1. The molecule has 0 radical (unpaired) electrons. The maximum absolute atomic E-state index is 5.81. The van der Waals surface area contributed by atoms with Gasteiger partial charge in [0.05, 0.1) is 6.20 Å². The summed E-state index contributed by atoms with van der Waals surface area (Å²) >= 11 is 3.34. The van der Waals surface area contributed by atoms with Crippen LogP contribution in [0.25, 0.3) is 28.1 Å². The standard InChI is InChI=1S/C14H8BrN3O/c15-13-8-18-7-10(17-14(18)6-16-13)12-5-9-3-1-2-4-11(9)19-12/h1-8H. The zero-order valence-corrected chi connectivity index (χ0v) is 11.3. The first kappa shape index (κ1) is 10.8. The normalized spacial score (nSPS) is 11.4. The van der Waals surface area contributed by atoms with Crippen LogP contribution in [0.5, 0.6) is 0 Å². The molecule has 92 valence electrons. The minimum absolute atomic E-state index is 0.765. The zero-order chi connectivity index (χ0) is 12.8. The highest BCUT2D eigenvalue weighted by Gasteiger charge is 2.10. The summed E-state index contributed by atoms with van der Waals surface area (Å²) in [7, 11) is 0. The Bertz CT molecular complexity index is 861. The van der Waals surface area contributed by atoms with Crippen LogP contribution in [0.1, 0.15) is 0 Å². The van der Waals surface area contributed by atoms with Crippen molar-refractivity contribution in [2.75, 3.05) is 0 Å². The highest BCUT2D eigenvalue weighted by Crippen LogP contribution is 2.27.